The molecule has 2 aromatic heterocycles. The third-order valence-electron chi connectivity index (χ3n) is 6.39. The van der Waals surface area contributed by atoms with Crippen LogP contribution in [0.15, 0.2) is 39.7 Å². The second-order valence-corrected chi connectivity index (χ2v) is 10.6. The van der Waals surface area contributed by atoms with Gasteiger partial charge in [0.2, 0.25) is 0 Å². The minimum Gasteiger partial charge on any atom is -0.569 e. The summed E-state index contributed by atoms with van der Waals surface area (Å²) >= 11 is 1.98. The number of aryl methyl sites for hydroxylation is 2. The van der Waals surface area contributed by atoms with E-state index in [1.165, 1.54) is 63.0 Å². The summed E-state index contributed by atoms with van der Waals surface area (Å²) in [6, 6.07) is 5.90. The zero-order valence-corrected chi connectivity index (χ0v) is 27.8. The normalized spacial score (nSPS) is 13.9. The Morgan fingerprint density at radius 1 is 1.26 bits per heavy atom. The third-order valence-corrected chi connectivity index (χ3v) is 7.45. The van der Waals surface area contributed by atoms with Gasteiger partial charge in [-0.05, 0) is 50.7 Å². The standard InChI is InChI=1S/C15H20NO5.C13H20S.C2H6.Y/c1-4-11(17)14-12(18)9-13(21-15(14)19)10(2)7-5-6-8-16-20-3;1-11-7-9-13(14-11)10-8-12-5-3-2-4-6-12;1-2;/h6,8-10H,4-5,7H2,1-3H3,(H,17,18,19);7,9,12H,2-6,8,10H2,1H3;1-2H3;/q-1;;;/b8-6-;;;. The van der Waals surface area contributed by atoms with E-state index in [1.807, 2.05) is 38.2 Å². The summed E-state index contributed by atoms with van der Waals surface area (Å²) in [7, 11) is 1.46. The Hall–Kier alpha value is -1.28. The van der Waals surface area contributed by atoms with Crippen molar-refractivity contribution in [2.75, 3.05) is 7.11 Å². The predicted octanol–water partition coefficient (Wildman–Crippen LogP) is 8.86. The van der Waals surface area contributed by atoms with Crippen LogP contribution in [-0.2, 0) is 44.0 Å². The van der Waals surface area contributed by atoms with E-state index < -0.39 is 11.4 Å². The first-order chi connectivity index (χ1) is 17.8. The van der Waals surface area contributed by atoms with Crippen LogP contribution < -0.4 is 5.63 Å². The Kier molecular flexibility index (Phi) is 20.8. The van der Waals surface area contributed by atoms with Crippen LogP contribution >= 0.6 is 11.3 Å². The molecule has 1 saturated carbocycles. The molecule has 1 radical (unpaired) electrons. The summed E-state index contributed by atoms with van der Waals surface area (Å²) in [5.41, 5.74) is 2.52. The average molecular weight is 622 g/mol. The van der Waals surface area contributed by atoms with Gasteiger partial charge < -0.3 is 19.8 Å². The number of hydrogen-bond donors (Lipinski definition) is 1. The molecule has 0 bridgehead atoms. The van der Waals surface area contributed by atoms with Crippen molar-refractivity contribution in [3.05, 3.63) is 67.5 Å². The second kappa shape index (κ2) is 21.5. The van der Waals surface area contributed by atoms with Crippen LogP contribution in [0.25, 0.3) is 5.48 Å². The molecule has 2 aromatic rings. The van der Waals surface area contributed by atoms with Crippen LogP contribution in [-0.4, -0.2) is 18.0 Å². The number of carbonyl (C=O) groups is 1. The first kappa shape index (κ1) is 36.7. The molecule has 0 spiro atoms. The van der Waals surface area contributed by atoms with Crippen molar-refractivity contribution in [2.24, 2.45) is 5.92 Å². The number of carbonyl (C=O) groups excluding carboxylic acids is 1. The van der Waals surface area contributed by atoms with E-state index >= 15 is 0 Å². The molecule has 6 nitrogen and oxygen atoms in total. The fourth-order valence-electron chi connectivity index (χ4n) is 4.28. The molecular formula is C30H46NO5SY-. The molecular weight excluding hydrogens is 575 g/mol. The van der Waals surface area contributed by atoms with Gasteiger partial charge >= 0.3 is 5.63 Å². The van der Waals surface area contributed by atoms with Crippen molar-refractivity contribution in [1.29, 1.82) is 0 Å². The Morgan fingerprint density at radius 3 is 2.50 bits per heavy atom. The molecule has 3 rings (SSSR count). The molecule has 1 aliphatic rings. The molecule has 8 heteroatoms. The Morgan fingerprint density at radius 2 is 1.95 bits per heavy atom. The van der Waals surface area contributed by atoms with Crippen molar-refractivity contribution in [3.8, 4) is 5.75 Å². The zero-order chi connectivity index (χ0) is 27.6. The molecule has 1 unspecified atom stereocenters. The summed E-state index contributed by atoms with van der Waals surface area (Å²) in [5.74, 6) is 0.587. The molecule has 0 amide bonds. The van der Waals surface area contributed by atoms with E-state index in [0.29, 0.717) is 18.6 Å². The maximum absolute atomic E-state index is 11.8. The molecule has 1 aliphatic carbocycles. The fourth-order valence-corrected chi connectivity index (χ4v) is 5.19. The number of Topliss-reactive ketones (excluding diaryl/α,β-unsaturated/α-hetero) is 1. The van der Waals surface area contributed by atoms with Gasteiger partial charge in [-0.15, -0.1) is 17.4 Å². The zero-order valence-electron chi connectivity index (χ0n) is 24.1. The van der Waals surface area contributed by atoms with E-state index in [9.17, 15) is 14.7 Å². The van der Waals surface area contributed by atoms with E-state index in [4.69, 9.17) is 4.42 Å². The van der Waals surface area contributed by atoms with E-state index in [2.05, 4.69) is 29.4 Å². The molecule has 0 aromatic carbocycles. The maximum Gasteiger partial charge on any atom is 0.350 e. The number of allylic oxidation sites excluding steroid dienone is 1. The number of hydroxylamine groups is 1. The molecule has 0 saturated heterocycles. The van der Waals surface area contributed by atoms with Crippen LogP contribution in [0.5, 0.6) is 5.75 Å². The van der Waals surface area contributed by atoms with Gasteiger partial charge in [-0.25, -0.2) is 4.79 Å². The summed E-state index contributed by atoms with van der Waals surface area (Å²) in [5, 5.41) is 9.84. The Balaban J connectivity index is 0.000000699. The van der Waals surface area contributed by atoms with Crippen LogP contribution in [0.3, 0.4) is 0 Å². The molecule has 38 heavy (non-hydrogen) atoms. The van der Waals surface area contributed by atoms with Crippen molar-refractivity contribution >= 4 is 17.1 Å². The number of nitrogens with zero attached hydrogens (tertiary/aromatic N) is 1. The smallest absolute Gasteiger partial charge is 0.350 e. The van der Waals surface area contributed by atoms with Gasteiger partial charge in [-0.3, -0.25) is 4.79 Å². The largest absolute Gasteiger partial charge is 0.569 e. The second-order valence-electron chi connectivity index (χ2n) is 9.18. The third kappa shape index (κ3) is 13.7. The Labute approximate surface area is 258 Å². The van der Waals surface area contributed by atoms with Crippen LogP contribution in [0, 0.1) is 12.8 Å². The molecule has 1 N–H and O–H groups in total. The number of ketones is 1. The van der Waals surface area contributed by atoms with Gasteiger partial charge in [-0.1, -0.05) is 59.8 Å². The van der Waals surface area contributed by atoms with Crippen molar-refractivity contribution in [1.82, 2.24) is 0 Å². The summed E-state index contributed by atoms with van der Waals surface area (Å²) in [4.78, 5) is 30.9. The van der Waals surface area contributed by atoms with Crippen molar-refractivity contribution in [3.63, 3.8) is 0 Å². The number of hydrogen-bond acceptors (Lipinski definition) is 6. The average Bonchev–Trinajstić information content (AvgIpc) is 3.33. The maximum atomic E-state index is 11.8. The van der Waals surface area contributed by atoms with Gasteiger partial charge in [0.05, 0.1) is 0 Å². The van der Waals surface area contributed by atoms with Gasteiger partial charge in [-0.2, -0.15) is 6.20 Å². The molecule has 211 valence electrons. The summed E-state index contributed by atoms with van der Waals surface area (Å²) < 4.78 is 5.14. The monoisotopic (exact) mass is 621 g/mol. The topological polar surface area (TPSA) is 90.8 Å². The number of rotatable bonds is 11. The fraction of sp³-hybridized carbons (Fsp3) is 0.600. The van der Waals surface area contributed by atoms with Crippen LogP contribution in [0.4, 0.5) is 0 Å². The van der Waals surface area contributed by atoms with Gasteiger partial charge in [0.25, 0.3) is 0 Å². The van der Waals surface area contributed by atoms with Crippen LogP contribution in [0.1, 0.15) is 117 Å². The van der Waals surface area contributed by atoms with Gasteiger partial charge in [0.15, 0.2) is 5.78 Å². The number of thiophene rings is 1. The summed E-state index contributed by atoms with van der Waals surface area (Å²) in [6.45, 7) is 9.70. The van der Waals surface area contributed by atoms with E-state index in [-0.39, 0.29) is 56.4 Å². The Bertz CT molecular complexity index is 995. The SMILES string of the molecule is CC.CCC(=O)c1c(O)cc(C(C)CC/C=C\[N-]OC)oc1=O.Cc1ccc(CCC2CCCCC2)s1.[Y]. The molecule has 1 atom stereocenters. The van der Waals surface area contributed by atoms with Gasteiger partial charge in [0, 0.05) is 68.0 Å². The minimum absolute atomic E-state index is 0. The minimum atomic E-state index is -0.784. The summed E-state index contributed by atoms with van der Waals surface area (Å²) in [6.07, 6.45) is 15.1. The van der Waals surface area contributed by atoms with E-state index in [0.717, 1.165) is 5.92 Å². The molecule has 1 fully saturated rings. The molecule has 2 heterocycles. The van der Waals surface area contributed by atoms with Crippen molar-refractivity contribution in [2.45, 2.75) is 105 Å². The van der Waals surface area contributed by atoms with E-state index in [1.54, 1.807) is 18.0 Å². The quantitative estimate of drug-likeness (QED) is 0.200. The van der Waals surface area contributed by atoms with Crippen LogP contribution in [0.2, 0.25) is 0 Å². The first-order valence-electron chi connectivity index (χ1n) is 13.7. The number of aromatic hydroxyl groups is 1. The van der Waals surface area contributed by atoms with Gasteiger partial charge in [0.1, 0.15) is 17.1 Å². The van der Waals surface area contributed by atoms with Crippen molar-refractivity contribution < 1.29 is 51.9 Å². The predicted molar refractivity (Wildman–Crippen MR) is 154 cm³/mol. The molecule has 0 aliphatic heterocycles. The first-order valence-corrected chi connectivity index (χ1v) is 14.5.